The van der Waals surface area contributed by atoms with Gasteiger partial charge in [0.15, 0.2) is 0 Å². The summed E-state index contributed by atoms with van der Waals surface area (Å²) in [4.78, 5) is 0. The summed E-state index contributed by atoms with van der Waals surface area (Å²) in [5, 5.41) is 3.70. The first-order chi connectivity index (χ1) is 9.55. The van der Waals surface area contributed by atoms with Crippen LogP contribution in [-0.2, 0) is 0 Å². The molecule has 2 nitrogen and oxygen atoms in total. The van der Waals surface area contributed by atoms with Crippen molar-refractivity contribution >= 4 is 27.5 Å². The molecule has 2 rings (SSSR count). The predicted molar refractivity (Wildman–Crippen MR) is 83.0 cm³/mol. The molecule has 0 radical (unpaired) electrons. The number of nitrogens with one attached hydrogen (secondary N) is 1. The van der Waals surface area contributed by atoms with Gasteiger partial charge in [-0.05, 0) is 48.5 Å². The molecule has 2 aromatic rings. The summed E-state index contributed by atoms with van der Waals surface area (Å²) < 4.78 is 19.4. The number of rotatable bonds is 4. The van der Waals surface area contributed by atoms with Gasteiger partial charge in [0.1, 0.15) is 11.6 Å². The molecule has 0 aliphatic rings. The fourth-order valence-corrected chi connectivity index (χ4v) is 2.88. The minimum atomic E-state index is -0.283. The van der Waals surface area contributed by atoms with Gasteiger partial charge in [0.05, 0.1) is 18.2 Å². The zero-order chi connectivity index (χ0) is 14.7. The summed E-state index contributed by atoms with van der Waals surface area (Å²) in [5.41, 5.74) is 1.76. The molecular formula is C15H14BrClFNO. The Balaban J connectivity index is 2.44. The number of hydrogen-bond acceptors (Lipinski definition) is 2. The molecule has 0 heterocycles. The summed E-state index contributed by atoms with van der Waals surface area (Å²) in [7, 11) is 3.39. The van der Waals surface area contributed by atoms with Crippen LogP contribution in [-0.4, -0.2) is 14.2 Å². The third kappa shape index (κ3) is 3.32. The summed E-state index contributed by atoms with van der Waals surface area (Å²) in [5.74, 6) is 0.333. The van der Waals surface area contributed by atoms with Crippen molar-refractivity contribution in [3.05, 3.63) is 62.8 Å². The summed E-state index contributed by atoms with van der Waals surface area (Å²) in [6, 6.07) is 10.2. The normalized spacial score (nSPS) is 12.2. The summed E-state index contributed by atoms with van der Waals surface area (Å²) in [6.45, 7) is 0. The van der Waals surface area contributed by atoms with Crippen molar-refractivity contribution in [3.8, 4) is 5.75 Å². The molecule has 20 heavy (non-hydrogen) atoms. The smallest absolute Gasteiger partial charge is 0.137 e. The van der Waals surface area contributed by atoms with Gasteiger partial charge < -0.3 is 10.1 Å². The van der Waals surface area contributed by atoms with Crippen molar-refractivity contribution < 1.29 is 9.13 Å². The molecule has 2 aromatic carbocycles. The molecule has 0 aliphatic heterocycles. The second kappa shape index (κ2) is 6.57. The fraction of sp³-hybridized carbons (Fsp3) is 0.200. The lowest BCUT2D eigenvalue weighted by Gasteiger charge is -2.18. The number of methoxy groups -OCH3 is 1. The number of halogens is 3. The lowest BCUT2D eigenvalue weighted by molar-refractivity contribution is 0.414. The maximum atomic E-state index is 13.5. The van der Waals surface area contributed by atoms with Gasteiger partial charge in [-0.1, -0.05) is 33.6 Å². The van der Waals surface area contributed by atoms with Crippen molar-refractivity contribution in [1.82, 2.24) is 5.32 Å². The molecule has 1 atom stereocenters. The molecule has 1 unspecified atom stereocenters. The highest BCUT2D eigenvalue weighted by Crippen LogP contribution is 2.31. The molecule has 0 saturated heterocycles. The van der Waals surface area contributed by atoms with Crippen molar-refractivity contribution in [2.75, 3.05) is 14.2 Å². The molecule has 1 N–H and O–H groups in total. The maximum Gasteiger partial charge on any atom is 0.137 e. The van der Waals surface area contributed by atoms with E-state index >= 15 is 0 Å². The standard InChI is InChI=1S/C15H14BrClFNO/c1-19-15(10-5-11(16)8-12(18)6-10)9-3-4-14(20-2)13(17)7-9/h3-8,15,19H,1-2H3. The molecule has 5 heteroatoms. The number of ether oxygens (including phenoxy) is 1. The van der Waals surface area contributed by atoms with E-state index in [-0.39, 0.29) is 11.9 Å². The Labute approximate surface area is 131 Å². The molecule has 0 saturated carbocycles. The lowest BCUT2D eigenvalue weighted by atomic mass is 9.98. The van der Waals surface area contributed by atoms with Crippen LogP contribution < -0.4 is 10.1 Å². The minimum absolute atomic E-state index is 0.148. The van der Waals surface area contributed by atoms with Gasteiger partial charge in [-0.3, -0.25) is 0 Å². The van der Waals surface area contributed by atoms with Crippen LogP contribution in [0.1, 0.15) is 17.2 Å². The van der Waals surface area contributed by atoms with Gasteiger partial charge in [-0.25, -0.2) is 4.39 Å². The van der Waals surface area contributed by atoms with E-state index in [2.05, 4.69) is 21.2 Å². The highest BCUT2D eigenvalue weighted by Gasteiger charge is 2.15. The Kier molecular flexibility index (Phi) is 5.02. The van der Waals surface area contributed by atoms with Crippen molar-refractivity contribution in [2.24, 2.45) is 0 Å². The monoisotopic (exact) mass is 357 g/mol. The summed E-state index contributed by atoms with van der Waals surface area (Å²) >= 11 is 9.45. The van der Waals surface area contributed by atoms with Gasteiger partial charge >= 0.3 is 0 Å². The first-order valence-corrected chi connectivity index (χ1v) is 7.19. The highest BCUT2D eigenvalue weighted by molar-refractivity contribution is 9.10. The SMILES string of the molecule is CNC(c1cc(F)cc(Br)c1)c1ccc(OC)c(Cl)c1. The van der Waals surface area contributed by atoms with Crippen molar-refractivity contribution in [3.63, 3.8) is 0 Å². The van der Waals surface area contributed by atoms with Crippen LogP contribution in [0, 0.1) is 5.82 Å². The molecule has 0 fully saturated rings. The van der Waals surface area contributed by atoms with Crippen molar-refractivity contribution in [2.45, 2.75) is 6.04 Å². The average molecular weight is 359 g/mol. The quantitative estimate of drug-likeness (QED) is 0.865. The predicted octanol–water partition coefficient (Wildman–Crippen LogP) is 4.56. The molecule has 0 amide bonds. The second-order valence-corrected chi connectivity index (χ2v) is 5.64. The Morgan fingerprint density at radius 1 is 1.20 bits per heavy atom. The molecule has 0 bridgehead atoms. The molecule has 106 valence electrons. The van der Waals surface area contributed by atoms with E-state index in [4.69, 9.17) is 16.3 Å². The number of benzene rings is 2. The third-order valence-corrected chi connectivity index (χ3v) is 3.77. The molecular weight excluding hydrogens is 345 g/mol. The minimum Gasteiger partial charge on any atom is -0.495 e. The van der Waals surface area contributed by atoms with E-state index < -0.39 is 0 Å². The van der Waals surface area contributed by atoms with Gasteiger partial charge in [-0.15, -0.1) is 0 Å². The van der Waals surface area contributed by atoms with Crippen LogP contribution in [0.5, 0.6) is 5.75 Å². The Morgan fingerprint density at radius 3 is 2.50 bits per heavy atom. The van der Waals surface area contributed by atoms with Gasteiger partial charge in [0, 0.05) is 4.47 Å². The van der Waals surface area contributed by atoms with Crippen LogP contribution in [0.2, 0.25) is 5.02 Å². The van der Waals surface area contributed by atoms with E-state index in [1.54, 1.807) is 13.2 Å². The Morgan fingerprint density at radius 2 is 1.95 bits per heavy atom. The molecule has 0 aliphatic carbocycles. The van der Waals surface area contributed by atoms with Crippen LogP contribution in [0.25, 0.3) is 0 Å². The largest absolute Gasteiger partial charge is 0.495 e. The van der Waals surface area contributed by atoms with Crippen LogP contribution in [0.15, 0.2) is 40.9 Å². The van der Waals surface area contributed by atoms with E-state index in [9.17, 15) is 4.39 Å². The molecule has 0 spiro atoms. The summed E-state index contributed by atoms with van der Waals surface area (Å²) in [6.07, 6.45) is 0. The van der Waals surface area contributed by atoms with Gasteiger partial charge in [-0.2, -0.15) is 0 Å². The molecule has 0 aromatic heterocycles. The lowest BCUT2D eigenvalue weighted by Crippen LogP contribution is -2.17. The van der Waals surface area contributed by atoms with Crippen LogP contribution >= 0.6 is 27.5 Å². The first-order valence-electron chi connectivity index (χ1n) is 6.02. The highest BCUT2D eigenvalue weighted by atomic mass is 79.9. The zero-order valence-corrected chi connectivity index (χ0v) is 13.4. The van der Waals surface area contributed by atoms with E-state index in [1.807, 2.05) is 25.2 Å². The maximum absolute atomic E-state index is 13.5. The van der Waals surface area contributed by atoms with Gasteiger partial charge in [0.2, 0.25) is 0 Å². The topological polar surface area (TPSA) is 21.3 Å². The van der Waals surface area contributed by atoms with E-state index in [0.29, 0.717) is 15.2 Å². The van der Waals surface area contributed by atoms with Crippen molar-refractivity contribution in [1.29, 1.82) is 0 Å². The zero-order valence-electron chi connectivity index (χ0n) is 11.1. The van der Waals surface area contributed by atoms with Crippen LogP contribution in [0.3, 0.4) is 0 Å². The second-order valence-electron chi connectivity index (χ2n) is 4.32. The van der Waals surface area contributed by atoms with Crippen LogP contribution in [0.4, 0.5) is 4.39 Å². The fourth-order valence-electron chi connectivity index (χ4n) is 2.13. The Hall–Kier alpha value is -1.10. The van der Waals surface area contributed by atoms with E-state index in [1.165, 1.54) is 12.1 Å². The van der Waals surface area contributed by atoms with E-state index in [0.717, 1.165) is 11.1 Å². The number of hydrogen-bond donors (Lipinski definition) is 1. The average Bonchev–Trinajstić information content (AvgIpc) is 2.38. The first kappa shape index (κ1) is 15.3. The Bertz CT molecular complexity index is 601. The van der Waals surface area contributed by atoms with Gasteiger partial charge in [0.25, 0.3) is 0 Å². The third-order valence-electron chi connectivity index (χ3n) is 3.02.